The quantitative estimate of drug-likeness (QED) is 0.622. The van der Waals surface area contributed by atoms with Gasteiger partial charge in [0.15, 0.2) is 0 Å². The summed E-state index contributed by atoms with van der Waals surface area (Å²) in [7, 11) is -3.93. The third-order valence-corrected chi connectivity index (χ3v) is 7.52. The Hall–Kier alpha value is -3.40. The molecule has 0 saturated carbocycles. The van der Waals surface area contributed by atoms with Crippen molar-refractivity contribution < 1.29 is 27.5 Å². The number of anilines is 1. The summed E-state index contributed by atoms with van der Waals surface area (Å²) in [6, 6.07) is 10.7. The van der Waals surface area contributed by atoms with Gasteiger partial charge in [0.2, 0.25) is 15.7 Å². The lowest BCUT2D eigenvalue weighted by Gasteiger charge is -2.34. The average Bonchev–Trinajstić information content (AvgIpc) is 2.84. The highest BCUT2D eigenvalue weighted by Gasteiger charge is 2.28. The maximum atomic E-state index is 13.3. The van der Waals surface area contributed by atoms with Crippen molar-refractivity contribution >= 4 is 33.4 Å². The van der Waals surface area contributed by atoms with Gasteiger partial charge in [0.05, 0.1) is 22.1 Å². The number of hydrogen-bond acceptors (Lipinski definition) is 6. The molecule has 188 valence electrons. The second kappa shape index (κ2) is 11.4. The van der Waals surface area contributed by atoms with Crippen LogP contribution in [-0.2, 0) is 19.4 Å². The molecule has 1 saturated heterocycles. The zero-order valence-corrected chi connectivity index (χ0v) is 21.1. The predicted molar refractivity (Wildman–Crippen MR) is 131 cm³/mol. The lowest BCUT2D eigenvalue weighted by molar-refractivity contribution is -0.116. The van der Waals surface area contributed by atoms with Crippen LogP contribution < -0.4 is 5.32 Å². The molecule has 1 N–H and O–H groups in total. The molecule has 1 aliphatic rings. The molecular weight excluding hydrogens is 470 g/mol. The largest absolute Gasteiger partial charge is 0.450 e. The molecule has 1 aliphatic heterocycles. The van der Waals surface area contributed by atoms with E-state index in [0.29, 0.717) is 32.6 Å². The van der Waals surface area contributed by atoms with Gasteiger partial charge in [0, 0.05) is 38.2 Å². The van der Waals surface area contributed by atoms with E-state index in [1.165, 1.54) is 30.3 Å². The van der Waals surface area contributed by atoms with Crippen LogP contribution in [-0.4, -0.2) is 68.9 Å². The zero-order valence-electron chi connectivity index (χ0n) is 20.2. The maximum Gasteiger partial charge on any atom is 0.409 e. The number of nitrogens with one attached hydrogen (secondary N) is 1. The van der Waals surface area contributed by atoms with Gasteiger partial charge in [-0.2, -0.15) is 0 Å². The molecule has 0 bridgehead atoms. The van der Waals surface area contributed by atoms with Gasteiger partial charge in [-0.25, -0.2) is 13.2 Å². The summed E-state index contributed by atoms with van der Waals surface area (Å²) in [5.41, 5.74) is 1.24. The van der Waals surface area contributed by atoms with Gasteiger partial charge in [-0.1, -0.05) is 24.6 Å². The first-order chi connectivity index (χ1) is 16.7. The highest BCUT2D eigenvalue weighted by molar-refractivity contribution is 7.91. The molecule has 0 aromatic heterocycles. The van der Waals surface area contributed by atoms with Crippen LogP contribution in [0.15, 0.2) is 52.3 Å². The van der Waals surface area contributed by atoms with E-state index in [9.17, 15) is 22.8 Å². The zero-order chi connectivity index (χ0) is 25.6. The number of sulfone groups is 1. The molecule has 10 heteroatoms. The van der Waals surface area contributed by atoms with Crippen LogP contribution in [0.2, 0.25) is 0 Å². The summed E-state index contributed by atoms with van der Waals surface area (Å²) in [5.74, 6) is -0.640. The number of aryl methyl sites for hydroxylation is 1. The molecule has 0 spiro atoms. The first-order valence-corrected chi connectivity index (χ1v) is 13.1. The molecule has 3 amide bonds. The number of rotatable bonds is 7. The van der Waals surface area contributed by atoms with Crippen LogP contribution >= 0.6 is 0 Å². The number of nitrogens with zero attached hydrogens (tertiary/aromatic N) is 2. The highest BCUT2D eigenvalue weighted by Crippen LogP contribution is 2.30. The number of hydrogen-bond donors (Lipinski definition) is 1. The van der Waals surface area contributed by atoms with Crippen molar-refractivity contribution in [2.45, 2.75) is 43.4 Å². The van der Waals surface area contributed by atoms with Crippen LogP contribution in [0.5, 0.6) is 0 Å². The Labute approximate surface area is 206 Å². The minimum absolute atomic E-state index is 0.0695. The number of carbonyl (C=O) groups is 3. The molecule has 0 unspecified atom stereocenters. The number of piperazine rings is 1. The highest BCUT2D eigenvalue weighted by atomic mass is 32.2. The lowest BCUT2D eigenvalue weighted by Crippen LogP contribution is -2.50. The molecule has 1 heterocycles. The van der Waals surface area contributed by atoms with Crippen molar-refractivity contribution in [3.05, 3.63) is 53.6 Å². The predicted octanol–water partition coefficient (Wildman–Crippen LogP) is 3.48. The summed E-state index contributed by atoms with van der Waals surface area (Å²) in [5, 5.41) is 2.67. The lowest BCUT2D eigenvalue weighted by atomic mass is 10.1. The molecule has 1 fully saturated rings. The van der Waals surface area contributed by atoms with E-state index in [1.54, 1.807) is 28.9 Å². The average molecular weight is 502 g/mol. The van der Waals surface area contributed by atoms with Crippen molar-refractivity contribution in [2.24, 2.45) is 0 Å². The second-order valence-electron chi connectivity index (χ2n) is 8.30. The van der Waals surface area contributed by atoms with Gasteiger partial charge in [0.25, 0.3) is 5.91 Å². The summed E-state index contributed by atoms with van der Waals surface area (Å²) in [6.45, 7) is 7.03. The normalized spacial score (nSPS) is 13.9. The molecule has 35 heavy (non-hydrogen) atoms. The van der Waals surface area contributed by atoms with Crippen molar-refractivity contribution in [2.75, 3.05) is 38.1 Å². The Morgan fingerprint density at radius 2 is 1.57 bits per heavy atom. The standard InChI is InChI=1S/C25H31N3O6S/c1-4-6-23(29)26-21-17-19(24(30)27-13-15-28(16-14-27)25(31)34-5-2)9-12-22(21)35(32,33)20-10-7-18(3)8-11-20/h7-12,17H,4-6,13-16H2,1-3H3,(H,26,29). The van der Waals surface area contributed by atoms with E-state index in [0.717, 1.165) is 5.56 Å². The van der Waals surface area contributed by atoms with Crippen molar-refractivity contribution in [3.8, 4) is 0 Å². The molecule has 0 radical (unpaired) electrons. The van der Waals surface area contributed by atoms with Gasteiger partial charge in [-0.15, -0.1) is 0 Å². The van der Waals surface area contributed by atoms with Crippen molar-refractivity contribution in [1.82, 2.24) is 9.80 Å². The summed E-state index contributed by atoms with van der Waals surface area (Å²) in [6.07, 6.45) is 0.402. The maximum absolute atomic E-state index is 13.3. The molecule has 2 aromatic carbocycles. The van der Waals surface area contributed by atoms with Crippen LogP contribution in [0.4, 0.5) is 10.5 Å². The fourth-order valence-electron chi connectivity index (χ4n) is 3.77. The number of amides is 3. The summed E-state index contributed by atoms with van der Waals surface area (Å²) >= 11 is 0. The van der Waals surface area contributed by atoms with E-state index in [4.69, 9.17) is 4.74 Å². The van der Waals surface area contributed by atoms with Crippen LogP contribution in [0.25, 0.3) is 0 Å². The van der Waals surface area contributed by atoms with Crippen LogP contribution in [0.3, 0.4) is 0 Å². The molecule has 9 nitrogen and oxygen atoms in total. The van der Waals surface area contributed by atoms with Gasteiger partial charge in [-0.05, 0) is 50.6 Å². The van der Waals surface area contributed by atoms with E-state index in [2.05, 4.69) is 5.32 Å². The second-order valence-corrected chi connectivity index (χ2v) is 10.2. The fraction of sp³-hybridized carbons (Fsp3) is 0.400. The first-order valence-electron chi connectivity index (χ1n) is 11.6. The minimum Gasteiger partial charge on any atom is -0.450 e. The number of ether oxygens (including phenoxy) is 1. The topological polar surface area (TPSA) is 113 Å². The van der Waals surface area contributed by atoms with Gasteiger partial charge < -0.3 is 19.9 Å². The van der Waals surface area contributed by atoms with Crippen molar-refractivity contribution in [3.63, 3.8) is 0 Å². The number of carbonyl (C=O) groups excluding carboxylic acids is 3. The first kappa shape index (κ1) is 26.2. The van der Waals surface area contributed by atoms with Gasteiger partial charge in [-0.3, -0.25) is 9.59 Å². The van der Waals surface area contributed by atoms with Crippen molar-refractivity contribution in [1.29, 1.82) is 0 Å². The molecule has 0 aliphatic carbocycles. The molecule has 3 rings (SSSR count). The molecule has 0 atom stereocenters. The minimum atomic E-state index is -3.93. The van der Waals surface area contributed by atoms with Crippen LogP contribution in [0, 0.1) is 6.92 Å². The number of benzene rings is 2. The summed E-state index contributed by atoms with van der Waals surface area (Å²) < 4.78 is 31.7. The van der Waals surface area contributed by atoms with E-state index < -0.39 is 15.9 Å². The van der Waals surface area contributed by atoms with Gasteiger partial charge >= 0.3 is 6.09 Å². The monoisotopic (exact) mass is 501 g/mol. The Kier molecular flexibility index (Phi) is 8.50. The Balaban J connectivity index is 1.89. The van der Waals surface area contributed by atoms with E-state index in [-0.39, 0.29) is 45.9 Å². The third-order valence-electron chi connectivity index (χ3n) is 5.69. The Bertz CT molecular complexity index is 1190. The van der Waals surface area contributed by atoms with Gasteiger partial charge in [0.1, 0.15) is 0 Å². The smallest absolute Gasteiger partial charge is 0.409 e. The van der Waals surface area contributed by atoms with E-state index >= 15 is 0 Å². The SMILES string of the molecule is CCCC(=O)Nc1cc(C(=O)N2CCN(C(=O)OCC)CC2)ccc1S(=O)(=O)c1ccc(C)cc1. The summed E-state index contributed by atoms with van der Waals surface area (Å²) in [4.78, 5) is 40.6. The van der Waals surface area contributed by atoms with E-state index in [1.807, 2.05) is 13.8 Å². The Morgan fingerprint density at radius 1 is 0.943 bits per heavy atom. The Morgan fingerprint density at radius 3 is 2.17 bits per heavy atom. The van der Waals surface area contributed by atoms with Crippen LogP contribution in [0.1, 0.15) is 42.6 Å². The fourth-order valence-corrected chi connectivity index (χ4v) is 5.16. The third kappa shape index (κ3) is 6.19. The molecular formula is C25H31N3O6S. The molecule has 2 aromatic rings.